The van der Waals surface area contributed by atoms with Gasteiger partial charge in [-0.15, -0.1) is 5.10 Å². The molecule has 2 rings (SSSR count). The quantitative estimate of drug-likeness (QED) is 0.818. The van der Waals surface area contributed by atoms with Gasteiger partial charge in [-0.1, -0.05) is 41.5 Å². The molecule has 0 N–H and O–H groups in total. The van der Waals surface area contributed by atoms with E-state index < -0.39 is 0 Å². The van der Waals surface area contributed by atoms with E-state index in [1.54, 1.807) is 0 Å². The standard InChI is InChI=1S/C16H23N3/c1-5-14(10-16-11-19(6-2)18-17-16)15-8-12(3)7-13(4)9-15/h7-9,11,14H,5-6,10H2,1-4H3. The average molecular weight is 257 g/mol. The summed E-state index contributed by atoms with van der Waals surface area (Å²) < 4.78 is 1.89. The second-order valence-corrected chi connectivity index (χ2v) is 5.30. The second kappa shape index (κ2) is 6.00. The van der Waals surface area contributed by atoms with E-state index in [1.807, 2.05) is 4.68 Å². The summed E-state index contributed by atoms with van der Waals surface area (Å²) >= 11 is 0. The maximum atomic E-state index is 4.26. The maximum Gasteiger partial charge on any atom is 0.0833 e. The van der Waals surface area contributed by atoms with Gasteiger partial charge in [-0.2, -0.15) is 0 Å². The first-order valence-electron chi connectivity index (χ1n) is 7.09. The Kier molecular flexibility index (Phi) is 4.35. The minimum atomic E-state index is 0.528. The molecule has 1 aromatic heterocycles. The van der Waals surface area contributed by atoms with E-state index in [2.05, 4.69) is 62.4 Å². The van der Waals surface area contributed by atoms with Gasteiger partial charge in [-0.3, -0.25) is 4.68 Å². The highest BCUT2D eigenvalue weighted by atomic mass is 15.4. The third kappa shape index (κ3) is 3.43. The van der Waals surface area contributed by atoms with Gasteiger partial charge in [-0.25, -0.2) is 0 Å². The van der Waals surface area contributed by atoms with Crippen molar-refractivity contribution in [3.63, 3.8) is 0 Å². The van der Waals surface area contributed by atoms with Crippen LogP contribution < -0.4 is 0 Å². The molecule has 0 amide bonds. The zero-order chi connectivity index (χ0) is 13.8. The van der Waals surface area contributed by atoms with Crippen molar-refractivity contribution in [3.8, 4) is 0 Å². The molecule has 102 valence electrons. The summed E-state index contributed by atoms with van der Waals surface area (Å²) in [6, 6.07) is 6.82. The normalized spacial score (nSPS) is 12.6. The SMILES string of the molecule is CCC(Cc1cn(CC)nn1)c1cc(C)cc(C)c1. The van der Waals surface area contributed by atoms with Crippen molar-refractivity contribution in [2.45, 2.75) is 53.0 Å². The molecule has 3 nitrogen and oxygen atoms in total. The monoisotopic (exact) mass is 257 g/mol. The van der Waals surface area contributed by atoms with Crippen molar-refractivity contribution in [1.82, 2.24) is 15.0 Å². The molecule has 1 atom stereocenters. The van der Waals surface area contributed by atoms with Crippen LogP contribution in [0, 0.1) is 13.8 Å². The van der Waals surface area contributed by atoms with Crippen LogP contribution in [-0.2, 0) is 13.0 Å². The Bertz CT molecular complexity index is 522. The summed E-state index contributed by atoms with van der Waals surface area (Å²) in [7, 11) is 0. The Balaban J connectivity index is 2.19. The van der Waals surface area contributed by atoms with Gasteiger partial charge in [-0.05, 0) is 45.1 Å². The summed E-state index contributed by atoms with van der Waals surface area (Å²) in [5, 5.41) is 8.38. The van der Waals surface area contributed by atoms with Crippen LogP contribution in [0.15, 0.2) is 24.4 Å². The smallest absolute Gasteiger partial charge is 0.0833 e. The minimum absolute atomic E-state index is 0.528. The molecule has 19 heavy (non-hydrogen) atoms. The van der Waals surface area contributed by atoms with Crippen LogP contribution in [0.1, 0.15) is 48.6 Å². The molecule has 0 aliphatic rings. The topological polar surface area (TPSA) is 30.7 Å². The van der Waals surface area contributed by atoms with Gasteiger partial charge >= 0.3 is 0 Å². The molecule has 1 aromatic carbocycles. The number of aryl methyl sites for hydroxylation is 3. The molecule has 1 unspecified atom stereocenters. The van der Waals surface area contributed by atoms with Crippen LogP contribution in [0.4, 0.5) is 0 Å². The van der Waals surface area contributed by atoms with Gasteiger partial charge in [0.25, 0.3) is 0 Å². The molecular weight excluding hydrogens is 234 g/mol. The zero-order valence-corrected chi connectivity index (χ0v) is 12.3. The number of benzene rings is 1. The lowest BCUT2D eigenvalue weighted by Crippen LogP contribution is -2.03. The van der Waals surface area contributed by atoms with Crippen molar-refractivity contribution in [3.05, 3.63) is 46.8 Å². The Labute approximate surface area is 115 Å². The summed E-state index contributed by atoms with van der Waals surface area (Å²) in [6.07, 6.45) is 4.16. The molecular formula is C16H23N3. The van der Waals surface area contributed by atoms with E-state index in [0.29, 0.717) is 5.92 Å². The predicted octanol–water partition coefficient (Wildman–Crippen LogP) is 3.65. The van der Waals surface area contributed by atoms with Crippen LogP contribution in [0.3, 0.4) is 0 Å². The number of rotatable bonds is 5. The molecule has 2 aromatic rings. The molecule has 0 spiro atoms. The maximum absolute atomic E-state index is 4.26. The Morgan fingerprint density at radius 2 is 1.79 bits per heavy atom. The van der Waals surface area contributed by atoms with Crippen molar-refractivity contribution >= 4 is 0 Å². The number of nitrogens with zero attached hydrogens (tertiary/aromatic N) is 3. The van der Waals surface area contributed by atoms with Crippen molar-refractivity contribution < 1.29 is 0 Å². The summed E-state index contributed by atoms with van der Waals surface area (Å²) in [5.41, 5.74) is 5.19. The first-order valence-corrected chi connectivity index (χ1v) is 7.09. The molecule has 1 heterocycles. The fraction of sp³-hybridized carbons (Fsp3) is 0.500. The third-order valence-corrected chi connectivity index (χ3v) is 3.57. The van der Waals surface area contributed by atoms with Crippen LogP contribution in [-0.4, -0.2) is 15.0 Å². The van der Waals surface area contributed by atoms with E-state index in [9.17, 15) is 0 Å². The molecule has 0 fully saturated rings. The van der Waals surface area contributed by atoms with Crippen LogP contribution in [0.25, 0.3) is 0 Å². The number of aromatic nitrogens is 3. The first kappa shape index (κ1) is 13.8. The predicted molar refractivity (Wildman–Crippen MR) is 78.3 cm³/mol. The summed E-state index contributed by atoms with van der Waals surface area (Å²) in [6.45, 7) is 9.53. The van der Waals surface area contributed by atoms with Gasteiger partial charge in [0.05, 0.1) is 5.69 Å². The lowest BCUT2D eigenvalue weighted by Gasteiger charge is -2.15. The van der Waals surface area contributed by atoms with E-state index in [4.69, 9.17) is 0 Å². The van der Waals surface area contributed by atoms with E-state index in [-0.39, 0.29) is 0 Å². The van der Waals surface area contributed by atoms with E-state index in [0.717, 1.165) is 25.1 Å². The summed E-state index contributed by atoms with van der Waals surface area (Å²) in [5.74, 6) is 0.528. The fourth-order valence-electron chi connectivity index (χ4n) is 2.58. The highest BCUT2D eigenvalue weighted by Crippen LogP contribution is 2.25. The van der Waals surface area contributed by atoms with Crippen molar-refractivity contribution in [2.24, 2.45) is 0 Å². The molecule has 3 heteroatoms. The number of hydrogen-bond donors (Lipinski definition) is 0. The minimum Gasteiger partial charge on any atom is -0.253 e. The average Bonchev–Trinajstić information content (AvgIpc) is 2.82. The Morgan fingerprint density at radius 1 is 1.11 bits per heavy atom. The second-order valence-electron chi connectivity index (χ2n) is 5.30. The Morgan fingerprint density at radius 3 is 2.32 bits per heavy atom. The van der Waals surface area contributed by atoms with E-state index >= 15 is 0 Å². The highest BCUT2D eigenvalue weighted by Gasteiger charge is 2.13. The van der Waals surface area contributed by atoms with Crippen molar-refractivity contribution in [1.29, 1.82) is 0 Å². The van der Waals surface area contributed by atoms with Crippen LogP contribution >= 0.6 is 0 Å². The van der Waals surface area contributed by atoms with E-state index in [1.165, 1.54) is 16.7 Å². The van der Waals surface area contributed by atoms with Crippen LogP contribution in [0.5, 0.6) is 0 Å². The molecule has 0 saturated heterocycles. The van der Waals surface area contributed by atoms with Gasteiger partial charge in [0.2, 0.25) is 0 Å². The molecule has 0 bridgehead atoms. The molecule has 0 aliphatic heterocycles. The van der Waals surface area contributed by atoms with Crippen molar-refractivity contribution in [2.75, 3.05) is 0 Å². The summed E-state index contributed by atoms with van der Waals surface area (Å²) in [4.78, 5) is 0. The largest absolute Gasteiger partial charge is 0.253 e. The Hall–Kier alpha value is -1.64. The first-order chi connectivity index (χ1) is 9.12. The van der Waals surface area contributed by atoms with Gasteiger partial charge in [0.1, 0.15) is 0 Å². The number of hydrogen-bond acceptors (Lipinski definition) is 2. The van der Waals surface area contributed by atoms with Gasteiger partial charge < -0.3 is 0 Å². The van der Waals surface area contributed by atoms with Gasteiger partial charge in [0, 0.05) is 12.7 Å². The lowest BCUT2D eigenvalue weighted by molar-refractivity contribution is 0.624. The lowest BCUT2D eigenvalue weighted by atomic mass is 9.90. The molecule has 0 radical (unpaired) electrons. The third-order valence-electron chi connectivity index (χ3n) is 3.57. The highest BCUT2D eigenvalue weighted by molar-refractivity contribution is 5.31. The molecule has 0 saturated carbocycles. The fourth-order valence-corrected chi connectivity index (χ4v) is 2.58. The van der Waals surface area contributed by atoms with Crippen LogP contribution in [0.2, 0.25) is 0 Å². The zero-order valence-electron chi connectivity index (χ0n) is 12.3. The molecule has 0 aliphatic carbocycles. The van der Waals surface area contributed by atoms with Gasteiger partial charge in [0.15, 0.2) is 0 Å².